The van der Waals surface area contributed by atoms with E-state index in [1.54, 1.807) is 7.11 Å². The van der Waals surface area contributed by atoms with Gasteiger partial charge in [0.15, 0.2) is 12.1 Å². The molecule has 0 aromatic rings. The van der Waals surface area contributed by atoms with Gasteiger partial charge in [-0.15, -0.1) is 12.6 Å². The molecule has 2 saturated heterocycles. The molecule has 94 valence electrons. The summed E-state index contributed by atoms with van der Waals surface area (Å²) in [5, 5.41) is 9.98. The van der Waals surface area contributed by atoms with Gasteiger partial charge in [-0.25, -0.2) is 0 Å². The van der Waals surface area contributed by atoms with Crippen molar-refractivity contribution in [2.45, 2.75) is 56.1 Å². The number of aliphatic hydroxyl groups excluding tert-OH is 1. The third-order valence-corrected chi connectivity index (χ3v) is 3.24. The lowest BCUT2D eigenvalue weighted by Crippen LogP contribution is -2.50. The summed E-state index contributed by atoms with van der Waals surface area (Å²) in [5.74, 6) is -0.744. The Labute approximate surface area is 100 Å². The highest BCUT2D eigenvalue weighted by Gasteiger charge is 2.47. The van der Waals surface area contributed by atoms with Crippen LogP contribution in [0.15, 0.2) is 0 Å². The Hall–Kier alpha value is 0.150. The van der Waals surface area contributed by atoms with Crippen LogP contribution < -0.4 is 0 Å². The van der Waals surface area contributed by atoms with Crippen molar-refractivity contribution in [2.75, 3.05) is 7.11 Å². The second-order valence-corrected chi connectivity index (χ2v) is 5.08. The van der Waals surface area contributed by atoms with E-state index in [4.69, 9.17) is 18.9 Å². The van der Waals surface area contributed by atoms with Crippen LogP contribution in [0.2, 0.25) is 0 Å². The number of fused-ring (bicyclic) bond motifs is 2. The Bertz CT molecular complexity index is 260. The second kappa shape index (κ2) is 4.44. The first-order chi connectivity index (χ1) is 7.43. The summed E-state index contributed by atoms with van der Waals surface area (Å²) in [4.78, 5) is 0. The molecule has 2 heterocycles. The molecule has 1 N–H and O–H groups in total. The normalized spacial score (nSPS) is 47.4. The van der Waals surface area contributed by atoms with Crippen molar-refractivity contribution >= 4 is 12.6 Å². The molecule has 5 atom stereocenters. The molecule has 6 heteroatoms. The summed E-state index contributed by atoms with van der Waals surface area (Å²) in [6.07, 6.45) is -1.35. The smallest absolute Gasteiger partial charge is 0.185 e. The number of hydrogen-bond donors (Lipinski definition) is 2. The molecular weight excluding hydrogens is 232 g/mol. The van der Waals surface area contributed by atoms with Crippen LogP contribution in [0.25, 0.3) is 0 Å². The van der Waals surface area contributed by atoms with Gasteiger partial charge in [0, 0.05) is 13.5 Å². The van der Waals surface area contributed by atoms with Gasteiger partial charge in [-0.1, -0.05) is 0 Å². The van der Waals surface area contributed by atoms with Gasteiger partial charge in [0.1, 0.15) is 17.6 Å². The summed E-state index contributed by atoms with van der Waals surface area (Å²) >= 11 is 4.19. The molecule has 0 saturated carbocycles. The number of aliphatic hydroxyl groups is 1. The molecule has 0 spiro atoms. The molecule has 0 aliphatic carbocycles. The zero-order valence-corrected chi connectivity index (χ0v) is 10.5. The predicted molar refractivity (Wildman–Crippen MR) is 59.1 cm³/mol. The molecule has 2 aliphatic rings. The number of hydrogen-bond acceptors (Lipinski definition) is 6. The van der Waals surface area contributed by atoms with Crippen LogP contribution in [0.1, 0.15) is 20.3 Å². The second-order valence-electron chi connectivity index (χ2n) is 4.57. The fourth-order valence-corrected chi connectivity index (χ4v) is 2.47. The van der Waals surface area contributed by atoms with Crippen LogP contribution in [-0.4, -0.2) is 48.0 Å². The van der Waals surface area contributed by atoms with Gasteiger partial charge in [-0.2, -0.15) is 0 Å². The minimum absolute atomic E-state index is 0.245. The van der Waals surface area contributed by atoms with Gasteiger partial charge in [0.05, 0.1) is 6.10 Å². The molecule has 5 unspecified atom stereocenters. The van der Waals surface area contributed by atoms with Crippen molar-refractivity contribution in [3.8, 4) is 0 Å². The highest BCUT2D eigenvalue weighted by Crippen LogP contribution is 2.35. The van der Waals surface area contributed by atoms with Gasteiger partial charge < -0.3 is 24.1 Å². The van der Waals surface area contributed by atoms with E-state index < -0.39 is 23.6 Å². The van der Waals surface area contributed by atoms with Crippen LogP contribution in [0.4, 0.5) is 0 Å². The highest BCUT2D eigenvalue weighted by molar-refractivity contribution is 7.80. The minimum atomic E-state index is -0.783. The Kier molecular flexibility index (Phi) is 3.49. The minimum Gasteiger partial charge on any atom is -0.387 e. The maximum absolute atomic E-state index is 9.98. The first-order valence-electron chi connectivity index (χ1n) is 5.33. The zero-order chi connectivity index (χ0) is 11.9. The molecule has 2 fully saturated rings. The molecule has 2 bridgehead atoms. The van der Waals surface area contributed by atoms with Crippen molar-refractivity contribution in [2.24, 2.45) is 0 Å². The number of methoxy groups -OCH3 is 1. The summed E-state index contributed by atoms with van der Waals surface area (Å²) in [7, 11) is 1.55. The van der Waals surface area contributed by atoms with Crippen molar-refractivity contribution < 1.29 is 24.1 Å². The van der Waals surface area contributed by atoms with Crippen LogP contribution in [0.3, 0.4) is 0 Å². The maximum Gasteiger partial charge on any atom is 0.185 e. The van der Waals surface area contributed by atoms with Crippen molar-refractivity contribution in [1.82, 2.24) is 0 Å². The Morgan fingerprint density at radius 2 is 1.94 bits per heavy atom. The van der Waals surface area contributed by atoms with E-state index in [-0.39, 0.29) is 12.2 Å². The Balaban J connectivity index is 2.22. The van der Waals surface area contributed by atoms with Crippen LogP contribution >= 0.6 is 12.6 Å². The molecule has 0 radical (unpaired) electrons. The van der Waals surface area contributed by atoms with Crippen LogP contribution in [-0.2, 0) is 18.9 Å². The van der Waals surface area contributed by atoms with Gasteiger partial charge in [-0.05, 0) is 13.8 Å². The first-order valence-corrected chi connectivity index (χ1v) is 5.84. The van der Waals surface area contributed by atoms with E-state index in [1.165, 1.54) is 0 Å². The Morgan fingerprint density at radius 3 is 2.56 bits per heavy atom. The van der Waals surface area contributed by atoms with E-state index in [2.05, 4.69) is 12.6 Å². The molecular formula is C10H18O5S. The fraction of sp³-hybridized carbons (Fsp3) is 1.00. The lowest BCUT2D eigenvalue weighted by Gasteiger charge is -2.41. The fourth-order valence-electron chi connectivity index (χ4n) is 2.15. The maximum atomic E-state index is 9.98. The number of thiol groups is 1. The molecule has 2 rings (SSSR count). The van der Waals surface area contributed by atoms with Crippen LogP contribution in [0.5, 0.6) is 0 Å². The zero-order valence-electron chi connectivity index (χ0n) is 9.62. The van der Waals surface area contributed by atoms with E-state index in [9.17, 15) is 5.11 Å². The van der Waals surface area contributed by atoms with Gasteiger partial charge in [0.25, 0.3) is 0 Å². The summed E-state index contributed by atoms with van der Waals surface area (Å²) < 4.78 is 22.0. The molecule has 5 nitrogen and oxygen atoms in total. The van der Waals surface area contributed by atoms with Gasteiger partial charge >= 0.3 is 0 Å². The third-order valence-electron chi connectivity index (χ3n) is 2.82. The molecule has 0 aromatic heterocycles. The monoisotopic (exact) mass is 250 g/mol. The van der Waals surface area contributed by atoms with Crippen molar-refractivity contribution in [1.29, 1.82) is 0 Å². The molecule has 2 aliphatic heterocycles. The highest BCUT2D eigenvalue weighted by atomic mass is 32.1. The number of rotatable bonds is 1. The van der Waals surface area contributed by atoms with Crippen LogP contribution in [0, 0.1) is 0 Å². The van der Waals surface area contributed by atoms with Gasteiger partial charge in [-0.3, -0.25) is 0 Å². The molecule has 0 aromatic carbocycles. The van der Waals surface area contributed by atoms with Crippen molar-refractivity contribution in [3.05, 3.63) is 0 Å². The number of ether oxygens (including phenoxy) is 4. The molecule has 16 heavy (non-hydrogen) atoms. The quantitative estimate of drug-likeness (QED) is 0.664. The lowest BCUT2D eigenvalue weighted by atomic mass is 10.0. The standard InChI is InChI=1S/C10H18O5S/c1-10(2)14-5-4-6(15-10)8(12-3)13-9(16)7(5)11/h5-9,11,16H,4H2,1-3H3. The van der Waals surface area contributed by atoms with E-state index in [1.807, 2.05) is 13.8 Å². The largest absolute Gasteiger partial charge is 0.387 e. The average molecular weight is 250 g/mol. The summed E-state index contributed by atoms with van der Waals surface area (Å²) in [6, 6.07) is 0. The third kappa shape index (κ3) is 2.37. The first kappa shape index (κ1) is 12.6. The SMILES string of the molecule is COC1OC(S)C(O)C2CC1OC(C)(C)O2. The predicted octanol–water partition coefficient (Wildman–Crippen LogP) is 0.516. The van der Waals surface area contributed by atoms with Crippen molar-refractivity contribution in [3.63, 3.8) is 0 Å². The lowest BCUT2D eigenvalue weighted by molar-refractivity contribution is -0.329. The average Bonchev–Trinajstić information content (AvgIpc) is 2.28. The van der Waals surface area contributed by atoms with E-state index >= 15 is 0 Å². The van der Waals surface area contributed by atoms with Gasteiger partial charge in [0.2, 0.25) is 0 Å². The van der Waals surface area contributed by atoms with E-state index in [0.717, 1.165) is 0 Å². The Morgan fingerprint density at radius 1 is 1.31 bits per heavy atom. The summed E-state index contributed by atoms with van der Waals surface area (Å²) in [5.41, 5.74) is -0.627. The topological polar surface area (TPSA) is 57.2 Å². The van der Waals surface area contributed by atoms with E-state index in [0.29, 0.717) is 6.42 Å². The molecule has 0 amide bonds. The summed E-state index contributed by atoms with van der Waals surface area (Å²) in [6.45, 7) is 3.62.